The summed E-state index contributed by atoms with van der Waals surface area (Å²) in [5.74, 6) is -2.79. The second-order valence-corrected chi connectivity index (χ2v) is 12.3. The van der Waals surface area contributed by atoms with E-state index in [9.17, 15) is 40.3 Å². The molecule has 6 nitrogen and oxygen atoms in total. The Hall–Kier alpha value is -2.57. The molecule has 1 saturated carbocycles. The Labute approximate surface area is 216 Å². The molecule has 1 fully saturated rings. The number of hydrogen-bond donors (Lipinski definition) is 3. The van der Waals surface area contributed by atoms with E-state index < -0.39 is 68.3 Å². The first-order chi connectivity index (χ1) is 17.7. The molecule has 208 valence electrons. The minimum absolute atomic E-state index is 0.0451. The summed E-state index contributed by atoms with van der Waals surface area (Å²) in [5, 5.41) is 21.2. The van der Waals surface area contributed by atoms with Crippen molar-refractivity contribution in [3.63, 3.8) is 0 Å². The third kappa shape index (κ3) is 4.50. The molecule has 0 saturated heterocycles. The highest BCUT2D eigenvalue weighted by atomic mass is 32.2. The van der Waals surface area contributed by atoms with Crippen LogP contribution in [0.3, 0.4) is 0 Å². The summed E-state index contributed by atoms with van der Waals surface area (Å²) in [6.45, 7) is -0.427. The van der Waals surface area contributed by atoms with Gasteiger partial charge in [-0.15, -0.1) is 0 Å². The Bertz CT molecular complexity index is 1310. The normalized spacial score (nSPS) is 25.7. The van der Waals surface area contributed by atoms with Crippen molar-refractivity contribution in [1.29, 1.82) is 0 Å². The molecule has 2 aliphatic rings. The summed E-state index contributed by atoms with van der Waals surface area (Å²) in [5.41, 5.74) is -3.87. The Kier molecular flexibility index (Phi) is 7.39. The fourth-order valence-corrected chi connectivity index (χ4v) is 8.33. The topological polar surface area (TPSA) is 104 Å². The molecule has 2 aromatic carbocycles. The van der Waals surface area contributed by atoms with Crippen LogP contribution in [0.15, 0.2) is 47.4 Å². The summed E-state index contributed by atoms with van der Waals surface area (Å²) < 4.78 is 95.3. The number of aryl methyl sites for hydroxylation is 1. The van der Waals surface area contributed by atoms with E-state index in [0.717, 1.165) is 36.4 Å². The number of halogens is 5. The second kappa shape index (κ2) is 9.87. The largest absolute Gasteiger partial charge is 0.426 e. The van der Waals surface area contributed by atoms with Crippen LogP contribution >= 0.6 is 0 Å². The third-order valence-electron chi connectivity index (χ3n) is 7.93. The number of carbonyl (C=O) groups excluding carboxylic acids is 1. The SMILES string of the molecule is CC(F)(c1ccc2c(c1)CC[C@H]1[C@H](C(=O)NC[C@@H](O)CO)CC[C@@]21S(=O)(=O)c1ccc(F)cc1)C(F)(F)F. The van der Waals surface area contributed by atoms with E-state index in [1.165, 1.54) is 6.07 Å². The van der Waals surface area contributed by atoms with Gasteiger partial charge in [0.1, 0.15) is 10.6 Å². The lowest BCUT2D eigenvalue weighted by Gasteiger charge is -2.42. The molecule has 38 heavy (non-hydrogen) atoms. The zero-order valence-electron chi connectivity index (χ0n) is 20.4. The molecule has 2 aliphatic carbocycles. The number of alkyl halides is 4. The van der Waals surface area contributed by atoms with E-state index >= 15 is 0 Å². The lowest BCUT2D eigenvalue weighted by molar-refractivity contribution is -0.228. The summed E-state index contributed by atoms with van der Waals surface area (Å²) in [6, 6.07) is 7.36. The molecule has 3 N–H and O–H groups in total. The number of sulfone groups is 1. The molecule has 0 heterocycles. The zero-order chi connectivity index (χ0) is 28.1. The van der Waals surface area contributed by atoms with Crippen molar-refractivity contribution in [3.8, 4) is 0 Å². The van der Waals surface area contributed by atoms with Gasteiger partial charge in [-0.3, -0.25) is 4.79 Å². The monoisotopic (exact) mass is 561 g/mol. The maximum Gasteiger partial charge on any atom is 0.426 e. The van der Waals surface area contributed by atoms with Gasteiger partial charge in [0.2, 0.25) is 11.6 Å². The molecule has 4 rings (SSSR count). The fourth-order valence-electron chi connectivity index (χ4n) is 5.86. The van der Waals surface area contributed by atoms with Crippen molar-refractivity contribution in [3.05, 3.63) is 65.0 Å². The first-order valence-corrected chi connectivity index (χ1v) is 13.6. The molecule has 2 aromatic rings. The van der Waals surface area contributed by atoms with E-state index in [1.807, 2.05) is 0 Å². The number of aliphatic hydroxyl groups is 2. The van der Waals surface area contributed by atoms with Gasteiger partial charge >= 0.3 is 6.18 Å². The first-order valence-electron chi connectivity index (χ1n) is 12.1. The molecular formula is C26H28F5NO5S. The molecule has 0 bridgehead atoms. The lowest BCUT2D eigenvalue weighted by atomic mass is 9.72. The predicted molar refractivity (Wildman–Crippen MR) is 127 cm³/mol. The van der Waals surface area contributed by atoms with Gasteiger partial charge in [-0.2, -0.15) is 13.2 Å². The van der Waals surface area contributed by atoms with Gasteiger partial charge in [-0.25, -0.2) is 17.2 Å². The van der Waals surface area contributed by atoms with Crippen LogP contribution in [-0.4, -0.2) is 50.0 Å². The summed E-state index contributed by atoms with van der Waals surface area (Å²) in [4.78, 5) is 12.9. The number of hydrogen-bond acceptors (Lipinski definition) is 5. The predicted octanol–water partition coefficient (Wildman–Crippen LogP) is 3.68. The van der Waals surface area contributed by atoms with Crippen LogP contribution in [0.5, 0.6) is 0 Å². The smallest absolute Gasteiger partial charge is 0.394 e. The van der Waals surface area contributed by atoms with E-state index in [4.69, 9.17) is 5.11 Å². The van der Waals surface area contributed by atoms with Gasteiger partial charge in [0.15, 0.2) is 9.84 Å². The van der Waals surface area contributed by atoms with Gasteiger partial charge in [0.05, 0.1) is 17.6 Å². The molecule has 1 unspecified atom stereocenters. The number of aliphatic hydroxyl groups excluding tert-OH is 2. The van der Waals surface area contributed by atoms with E-state index in [-0.39, 0.29) is 48.3 Å². The maximum atomic E-state index is 14.8. The van der Waals surface area contributed by atoms with E-state index in [1.54, 1.807) is 0 Å². The number of amides is 1. The molecule has 0 radical (unpaired) electrons. The fraction of sp³-hybridized carbons (Fsp3) is 0.500. The third-order valence-corrected chi connectivity index (χ3v) is 10.5. The Balaban J connectivity index is 1.84. The van der Waals surface area contributed by atoms with E-state index in [2.05, 4.69) is 5.32 Å². The van der Waals surface area contributed by atoms with Gasteiger partial charge in [-0.05, 0) is 79.5 Å². The van der Waals surface area contributed by atoms with Crippen molar-refractivity contribution >= 4 is 15.7 Å². The molecule has 0 aliphatic heterocycles. The summed E-state index contributed by atoms with van der Waals surface area (Å²) in [7, 11) is -4.32. The number of rotatable bonds is 7. The van der Waals surface area contributed by atoms with Crippen LogP contribution in [0.25, 0.3) is 0 Å². The van der Waals surface area contributed by atoms with Gasteiger partial charge in [0, 0.05) is 12.5 Å². The van der Waals surface area contributed by atoms with Gasteiger partial charge < -0.3 is 15.5 Å². The number of benzene rings is 2. The average Bonchev–Trinajstić information content (AvgIpc) is 3.28. The van der Waals surface area contributed by atoms with Crippen LogP contribution in [0.1, 0.15) is 42.9 Å². The molecule has 12 heteroatoms. The summed E-state index contributed by atoms with van der Waals surface area (Å²) >= 11 is 0. The first kappa shape index (κ1) is 28.4. The maximum absolute atomic E-state index is 14.8. The van der Waals surface area contributed by atoms with Crippen LogP contribution in [0.2, 0.25) is 0 Å². The van der Waals surface area contributed by atoms with Crippen LogP contribution < -0.4 is 5.32 Å². The van der Waals surface area contributed by atoms with Gasteiger partial charge in [0.25, 0.3) is 0 Å². The molecule has 5 atom stereocenters. The lowest BCUT2D eigenvalue weighted by Crippen LogP contribution is -2.47. The van der Waals surface area contributed by atoms with E-state index in [0.29, 0.717) is 6.92 Å². The minimum atomic E-state index is -5.19. The Morgan fingerprint density at radius 1 is 1.13 bits per heavy atom. The standard InChI is InChI=1S/C26H28F5NO5S/c1-24(28,26(29,30)31)16-3-9-21-15(12-16)2-8-22-20(23(35)32-13-18(34)14-33)10-11-25(21,22)38(36,37)19-6-4-17(27)5-7-19/h3-7,9,12,18,20,22,33-34H,2,8,10-11,13-14H2,1H3,(H,32,35)/t18-,20-,22+,24?,25-/m1/s1. The molecular weight excluding hydrogens is 533 g/mol. The van der Waals surface area contributed by atoms with Crippen molar-refractivity contribution in [2.75, 3.05) is 13.2 Å². The highest BCUT2D eigenvalue weighted by Crippen LogP contribution is 2.59. The number of fused-ring (bicyclic) bond motifs is 3. The zero-order valence-corrected chi connectivity index (χ0v) is 21.2. The minimum Gasteiger partial charge on any atom is -0.394 e. The van der Waals surface area contributed by atoms with Crippen LogP contribution in [0, 0.1) is 17.7 Å². The molecule has 0 aromatic heterocycles. The van der Waals surface area contributed by atoms with Crippen LogP contribution in [0.4, 0.5) is 22.0 Å². The average molecular weight is 562 g/mol. The van der Waals surface area contributed by atoms with Crippen LogP contribution in [-0.2, 0) is 31.5 Å². The highest BCUT2D eigenvalue weighted by Gasteiger charge is 2.62. The van der Waals surface area contributed by atoms with Crippen molar-refractivity contribution in [2.45, 2.75) is 60.2 Å². The second-order valence-electron chi connectivity index (χ2n) is 10.1. The van der Waals surface area contributed by atoms with Crippen molar-refractivity contribution in [2.24, 2.45) is 11.8 Å². The Morgan fingerprint density at radius 3 is 2.39 bits per heavy atom. The highest BCUT2D eigenvalue weighted by molar-refractivity contribution is 7.92. The molecule has 1 amide bonds. The number of carbonyl (C=O) groups is 1. The summed E-state index contributed by atoms with van der Waals surface area (Å²) in [6.07, 6.45) is -6.08. The number of nitrogens with one attached hydrogen (secondary N) is 1. The van der Waals surface area contributed by atoms with Crippen molar-refractivity contribution in [1.82, 2.24) is 5.32 Å². The Morgan fingerprint density at radius 2 is 1.79 bits per heavy atom. The quantitative estimate of drug-likeness (QED) is 0.354. The molecule has 0 spiro atoms. The van der Waals surface area contributed by atoms with Crippen molar-refractivity contribution < 1.29 is 45.4 Å². The van der Waals surface area contributed by atoms with Gasteiger partial charge in [-0.1, -0.05) is 18.2 Å².